The Balaban J connectivity index is 1.94. The molecule has 0 radical (unpaired) electrons. The van der Waals surface area contributed by atoms with Crippen LogP contribution in [0.3, 0.4) is 0 Å². The van der Waals surface area contributed by atoms with E-state index in [4.69, 9.17) is 0 Å². The molecule has 0 unspecified atom stereocenters. The van der Waals surface area contributed by atoms with Gasteiger partial charge in [-0.05, 0) is 48.5 Å². The van der Waals surface area contributed by atoms with Crippen LogP contribution in [0.4, 0.5) is 0 Å². The zero-order valence-corrected chi connectivity index (χ0v) is 13.3. The highest BCUT2D eigenvalue weighted by Gasteiger charge is 1.87. The Hall–Kier alpha value is -1.48. The zero-order chi connectivity index (χ0) is 13.5. The monoisotopic (exact) mass is 372 g/mol. The summed E-state index contributed by atoms with van der Waals surface area (Å²) in [7, 11) is 0. The SMILES string of the molecule is Brc1ccc(C#CCC#Cc2ccc(Br)cc2)cc1. The van der Waals surface area contributed by atoms with Crippen LogP contribution in [0.2, 0.25) is 0 Å². The van der Waals surface area contributed by atoms with Crippen LogP contribution in [0.5, 0.6) is 0 Å². The molecule has 0 saturated carbocycles. The van der Waals surface area contributed by atoms with Gasteiger partial charge in [0.25, 0.3) is 0 Å². The van der Waals surface area contributed by atoms with E-state index in [2.05, 4.69) is 55.5 Å². The predicted octanol–water partition coefficient (Wildman–Crippen LogP) is 5.00. The van der Waals surface area contributed by atoms with Crippen molar-refractivity contribution in [3.8, 4) is 23.7 Å². The molecule has 0 aliphatic carbocycles. The van der Waals surface area contributed by atoms with Crippen LogP contribution in [0, 0.1) is 23.7 Å². The molecule has 2 aromatic carbocycles. The van der Waals surface area contributed by atoms with Crippen molar-refractivity contribution in [2.75, 3.05) is 0 Å². The lowest BCUT2D eigenvalue weighted by molar-refractivity contribution is 1.53. The smallest absolute Gasteiger partial charge is 0.0710 e. The Morgan fingerprint density at radius 2 is 1.00 bits per heavy atom. The minimum absolute atomic E-state index is 0.576. The average Bonchev–Trinajstić information content (AvgIpc) is 2.43. The standard InChI is InChI=1S/C17H10Br2/c18-16-10-6-14(7-11-16)4-2-1-3-5-15-8-12-17(19)13-9-15/h6-13H,1H2. The van der Waals surface area contributed by atoms with Gasteiger partial charge in [-0.25, -0.2) is 0 Å². The number of hydrogen-bond acceptors (Lipinski definition) is 0. The Bertz CT molecular complexity index is 598. The van der Waals surface area contributed by atoms with Crippen molar-refractivity contribution in [1.82, 2.24) is 0 Å². The average molecular weight is 374 g/mol. The Morgan fingerprint density at radius 3 is 1.37 bits per heavy atom. The van der Waals surface area contributed by atoms with Crippen LogP contribution in [0.1, 0.15) is 17.5 Å². The van der Waals surface area contributed by atoms with Crippen molar-refractivity contribution in [3.05, 3.63) is 68.6 Å². The third kappa shape index (κ3) is 4.95. The van der Waals surface area contributed by atoms with E-state index in [1.807, 2.05) is 48.5 Å². The van der Waals surface area contributed by atoms with Gasteiger partial charge in [0.15, 0.2) is 0 Å². The van der Waals surface area contributed by atoms with E-state index in [0.717, 1.165) is 20.1 Å². The van der Waals surface area contributed by atoms with E-state index in [9.17, 15) is 0 Å². The Labute approximate surface area is 130 Å². The molecule has 2 rings (SSSR count). The molecule has 0 aliphatic rings. The molecule has 0 N–H and O–H groups in total. The normalized spacial score (nSPS) is 8.95. The molecule has 2 heteroatoms. The largest absolute Gasteiger partial charge is 0.0848 e. The second-order valence-corrected chi connectivity index (χ2v) is 5.63. The summed E-state index contributed by atoms with van der Waals surface area (Å²) in [6, 6.07) is 15.9. The molecule has 0 bridgehead atoms. The minimum atomic E-state index is 0.576. The highest BCUT2D eigenvalue weighted by molar-refractivity contribution is 9.10. The fraction of sp³-hybridized carbons (Fsp3) is 0.0588. The third-order valence-corrected chi connectivity index (χ3v) is 3.39. The van der Waals surface area contributed by atoms with Crippen LogP contribution in [0.25, 0.3) is 0 Å². The summed E-state index contributed by atoms with van der Waals surface area (Å²) in [6.45, 7) is 0. The summed E-state index contributed by atoms with van der Waals surface area (Å²) in [5.41, 5.74) is 2.02. The molecule has 19 heavy (non-hydrogen) atoms. The van der Waals surface area contributed by atoms with Gasteiger partial charge in [-0.15, -0.1) is 0 Å². The van der Waals surface area contributed by atoms with Gasteiger partial charge < -0.3 is 0 Å². The van der Waals surface area contributed by atoms with Crippen LogP contribution in [0.15, 0.2) is 57.5 Å². The third-order valence-electron chi connectivity index (χ3n) is 2.33. The van der Waals surface area contributed by atoms with Crippen molar-refractivity contribution in [2.24, 2.45) is 0 Å². The van der Waals surface area contributed by atoms with Crippen LogP contribution in [-0.2, 0) is 0 Å². The maximum absolute atomic E-state index is 3.40. The topological polar surface area (TPSA) is 0 Å². The lowest BCUT2D eigenvalue weighted by Gasteiger charge is -1.90. The quantitative estimate of drug-likeness (QED) is 0.569. The van der Waals surface area contributed by atoms with E-state index in [0.29, 0.717) is 6.42 Å². The number of rotatable bonds is 0. The van der Waals surface area contributed by atoms with E-state index in [-0.39, 0.29) is 0 Å². The van der Waals surface area contributed by atoms with E-state index in [1.54, 1.807) is 0 Å². The second kappa shape index (κ2) is 7.19. The summed E-state index contributed by atoms with van der Waals surface area (Å²) >= 11 is 6.79. The maximum Gasteiger partial charge on any atom is 0.0710 e. The number of hydrogen-bond donors (Lipinski definition) is 0. The summed E-state index contributed by atoms with van der Waals surface area (Å²) in [5, 5.41) is 0. The molecule has 0 spiro atoms. The van der Waals surface area contributed by atoms with E-state index >= 15 is 0 Å². The van der Waals surface area contributed by atoms with Gasteiger partial charge in [-0.1, -0.05) is 55.5 Å². The molecule has 0 aromatic heterocycles. The first-order valence-electron chi connectivity index (χ1n) is 5.73. The molecule has 92 valence electrons. The molecule has 0 aliphatic heterocycles. The van der Waals surface area contributed by atoms with Gasteiger partial charge in [0.1, 0.15) is 0 Å². The summed E-state index contributed by atoms with van der Waals surface area (Å²) < 4.78 is 2.13. The van der Waals surface area contributed by atoms with Crippen LogP contribution >= 0.6 is 31.9 Å². The molecular formula is C17H10Br2. The lowest BCUT2D eigenvalue weighted by atomic mass is 10.2. The zero-order valence-electron chi connectivity index (χ0n) is 10.1. The van der Waals surface area contributed by atoms with Gasteiger partial charge in [0.2, 0.25) is 0 Å². The van der Waals surface area contributed by atoms with Crippen molar-refractivity contribution in [2.45, 2.75) is 6.42 Å². The summed E-state index contributed by atoms with van der Waals surface area (Å²) in [5.74, 6) is 12.3. The number of halogens is 2. The van der Waals surface area contributed by atoms with Gasteiger partial charge >= 0.3 is 0 Å². The Morgan fingerprint density at radius 1 is 0.632 bits per heavy atom. The highest BCUT2D eigenvalue weighted by atomic mass is 79.9. The Kier molecular flexibility index (Phi) is 5.28. The lowest BCUT2D eigenvalue weighted by Crippen LogP contribution is -1.73. The van der Waals surface area contributed by atoms with Crippen LogP contribution < -0.4 is 0 Å². The number of benzene rings is 2. The van der Waals surface area contributed by atoms with Crippen molar-refractivity contribution < 1.29 is 0 Å². The van der Waals surface area contributed by atoms with Crippen molar-refractivity contribution >= 4 is 31.9 Å². The first-order chi connectivity index (χ1) is 9.24. The van der Waals surface area contributed by atoms with Gasteiger partial charge in [-0.3, -0.25) is 0 Å². The summed E-state index contributed by atoms with van der Waals surface area (Å²) in [4.78, 5) is 0. The van der Waals surface area contributed by atoms with Gasteiger partial charge in [-0.2, -0.15) is 0 Å². The molecule has 0 saturated heterocycles. The van der Waals surface area contributed by atoms with Crippen molar-refractivity contribution in [1.29, 1.82) is 0 Å². The molecule has 0 heterocycles. The van der Waals surface area contributed by atoms with E-state index in [1.165, 1.54) is 0 Å². The van der Waals surface area contributed by atoms with Gasteiger partial charge in [0, 0.05) is 20.1 Å². The molecule has 0 nitrogen and oxygen atoms in total. The van der Waals surface area contributed by atoms with E-state index < -0.39 is 0 Å². The molecule has 0 amide bonds. The first-order valence-corrected chi connectivity index (χ1v) is 7.31. The van der Waals surface area contributed by atoms with Crippen molar-refractivity contribution in [3.63, 3.8) is 0 Å². The highest BCUT2D eigenvalue weighted by Crippen LogP contribution is 2.10. The predicted molar refractivity (Wildman–Crippen MR) is 86.7 cm³/mol. The first kappa shape index (κ1) is 13.9. The van der Waals surface area contributed by atoms with Crippen LogP contribution in [-0.4, -0.2) is 0 Å². The van der Waals surface area contributed by atoms with Gasteiger partial charge in [0.05, 0.1) is 6.42 Å². The molecule has 0 fully saturated rings. The minimum Gasteiger partial charge on any atom is -0.0848 e. The second-order valence-electron chi connectivity index (χ2n) is 3.79. The molecule has 0 atom stereocenters. The molecule has 2 aromatic rings. The summed E-state index contributed by atoms with van der Waals surface area (Å²) in [6.07, 6.45) is 0.576. The molecular weight excluding hydrogens is 364 g/mol. The fourth-order valence-corrected chi connectivity index (χ4v) is 1.93. The maximum atomic E-state index is 3.40. The fourth-order valence-electron chi connectivity index (χ4n) is 1.40.